The van der Waals surface area contributed by atoms with Crippen molar-refractivity contribution < 1.29 is 14.0 Å². The Balaban J connectivity index is 1.59. The minimum Gasteiger partial charge on any atom is -0.459 e. The van der Waals surface area contributed by atoms with Crippen LogP contribution in [0.2, 0.25) is 0 Å². The zero-order valence-corrected chi connectivity index (χ0v) is 14.7. The Hall–Kier alpha value is -3.08. The predicted octanol–water partition coefficient (Wildman–Crippen LogP) is 3.45. The molecule has 2 atom stereocenters. The quantitative estimate of drug-likeness (QED) is 0.761. The first kappa shape index (κ1) is 16.4. The average molecular weight is 348 g/mol. The summed E-state index contributed by atoms with van der Waals surface area (Å²) < 4.78 is 5.95. The number of carbonyl (C=O) groups is 2. The summed E-state index contributed by atoms with van der Waals surface area (Å²) in [5, 5.41) is 6.89. The van der Waals surface area contributed by atoms with Crippen LogP contribution in [0.1, 0.15) is 46.1 Å². The van der Waals surface area contributed by atoms with Gasteiger partial charge in [-0.15, -0.1) is 0 Å². The van der Waals surface area contributed by atoms with Crippen LogP contribution in [-0.2, 0) is 4.79 Å². The summed E-state index contributed by atoms with van der Waals surface area (Å²) in [6.45, 7) is 4.21. The molecule has 4 rings (SSSR count). The van der Waals surface area contributed by atoms with Gasteiger partial charge in [0, 0.05) is 23.1 Å². The third-order valence-electron chi connectivity index (χ3n) is 5.00. The molecule has 2 amide bonds. The molecule has 5 nitrogen and oxygen atoms in total. The van der Waals surface area contributed by atoms with Crippen LogP contribution in [0.15, 0.2) is 52.9 Å². The lowest BCUT2D eigenvalue weighted by molar-refractivity contribution is -0.123. The summed E-state index contributed by atoms with van der Waals surface area (Å²) in [6.07, 6.45) is 0. The lowest BCUT2D eigenvalue weighted by Crippen LogP contribution is -2.42. The molecule has 1 unspecified atom stereocenters. The van der Waals surface area contributed by atoms with E-state index < -0.39 is 5.92 Å². The fraction of sp³-hybridized carbons (Fsp3) is 0.238. The minimum atomic E-state index is -0.406. The van der Waals surface area contributed by atoms with Crippen LogP contribution in [0.5, 0.6) is 0 Å². The van der Waals surface area contributed by atoms with E-state index in [1.165, 1.54) is 0 Å². The normalized spacial score (nSPS) is 17.5. The van der Waals surface area contributed by atoms with Gasteiger partial charge in [0.1, 0.15) is 11.3 Å². The lowest BCUT2D eigenvalue weighted by Gasteiger charge is -2.26. The van der Waals surface area contributed by atoms with E-state index in [1.54, 1.807) is 12.1 Å². The molecule has 0 saturated heterocycles. The van der Waals surface area contributed by atoms with Crippen molar-refractivity contribution in [3.8, 4) is 0 Å². The molecule has 0 fully saturated rings. The van der Waals surface area contributed by atoms with Crippen LogP contribution in [0, 0.1) is 6.92 Å². The van der Waals surface area contributed by atoms with E-state index in [9.17, 15) is 9.59 Å². The summed E-state index contributed by atoms with van der Waals surface area (Å²) in [5.74, 6) is 0.0966. The number of benzene rings is 2. The smallest absolute Gasteiger partial charge is 0.251 e. The van der Waals surface area contributed by atoms with Gasteiger partial charge < -0.3 is 15.1 Å². The molecule has 5 heteroatoms. The number of furan rings is 1. The molecule has 1 aliphatic heterocycles. The molecule has 26 heavy (non-hydrogen) atoms. The minimum absolute atomic E-state index is 0.121. The van der Waals surface area contributed by atoms with E-state index in [4.69, 9.17) is 4.42 Å². The molecule has 0 bridgehead atoms. The molecular weight excluding hydrogens is 328 g/mol. The molecule has 0 aliphatic carbocycles. The van der Waals surface area contributed by atoms with Crippen LogP contribution in [-0.4, -0.2) is 18.4 Å². The summed E-state index contributed by atoms with van der Waals surface area (Å²) >= 11 is 0. The highest BCUT2D eigenvalue weighted by atomic mass is 16.3. The van der Waals surface area contributed by atoms with Crippen LogP contribution < -0.4 is 10.6 Å². The van der Waals surface area contributed by atoms with Gasteiger partial charge in [-0.2, -0.15) is 0 Å². The van der Waals surface area contributed by atoms with Gasteiger partial charge in [-0.25, -0.2) is 0 Å². The summed E-state index contributed by atoms with van der Waals surface area (Å²) in [4.78, 5) is 24.9. The van der Waals surface area contributed by atoms with Crippen molar-refractivity contribution >= 4 is 22.8 Å². The molecule has 2 heterocycles. The number of amides is 2. The predicted molar refractivity (Wildman–Crippen MR) is 99.0 cm³/mol. The Kier molecular flexibility index (Phi) is 3.99. The highest BCUT2D eigenvalue weighted by molar-refractivity contribution is 6.00. The number of nitrogens with one attached hydrogen (secondary N) is 2. The van der Waals surface area contributed by atoms with E-state index in [1.807, 2.05) is 50.2 Å². The van der Waals surface area contributed by atoms with Gasteiger partial charge in [-0.3, -0.25) is 9.59 Å². The van der Waals surface area contributed by atoms with Gasteiger partial charge in [-0.1, -0.05) is 36.4 Å². The number of carbonyl (C=O) groups excluding carboxylic acids is 2. The van der Waals surface area contributed by atoms with E-state index in [-0.39, 0.29) is 17.9 Å². The van der Waals surface area contributed by atoms with Crippen molar-refractivity contribution in [2.45, 2.75) is 25.8 Å². The first-order valence-electron chi connectivity index (χ1n) is 8.72. The Morgan fingerprint density at radius 1 is 1.19 bits per heavy atom. The Morgan fingerprint density at radius 3 is 2.73 bits per heavy atom. The van der Waals surface area contributed by atoms with Gasteiger partial charge in [0.2, 0.25) is 5.91 Å². The second-order valence-corrected chi connectivity index (χ2v) is 6.67. The maximum absolute atomic E-state index is 12.9. The van der Waals surface area contributed by atoms with Crippen LogP contribution in [0.25, 0.3) is 11.0 Å². The monoisotopic (exact) mass is 348 g/mol. The zero-order valence-electron chi connectivity index (χ0n) is 14.7. The molecule has 0 radical (unpaired) electrons. The molecule has 1 aliphatic rings. The first-order valence-corrected chi connectivity index (χ1v) is 8.72. The maximum atomic E-state index is 12.9. The largest absolute Gasteiger partial charge is 0.459 e. The van der Waals surface area contributed by atoms with Gasteiger partial charge >= 0.3 is 0 Å². The van der Waals surface area contributed by atoms with Crippen molar-refractivity contribution in [3.63, 3.8) is 0 Å². The SMILES string of the molecule is Cc1c([C@@H](C)NC(=O)C2CNC(=O)c3ccccc32)oc2ccccc12. The second-order valence-electron chi connectivity index (χ2n) is 6.67. The maximum Gasteiger partial charge on any atom is 0.251 e. The van der Waals surface area contributed by atoms with Crippen LogP contribution in [0.3, 0.4) is 0 Å². The number of rotatable bonds is 3. The van der Waals surface area contributed by atoms with E-state index in [0.717, 1.165) is 27.9 Å². The molecule has 2 N–H and O–H groups in total. The van der Waals surface area contributed by atoms with E-state index in [0.29, 0.717) is 12.1 Å². The van der Waals surface area contributed by atoms with Crippen molar-refractivity contribution in [2.24, 2.45) is 0 Å². The molecular formula is C21H20N2O3. The third-order valence-corrected chi connectivity index (χ3v) is 5.00. The topological polar surface area (TPSA) is 71.3 Å². The van der Waals surface area contributed by atoms with E-state index >= 15 is 0 Å². The molecule has 0 saturated carbocycles. The van der Waals surface area contributed by atoms with Crippen LogP contribution >= 0.6 is 0 Å². The van der Waals surface area contributed by atoms with Gasteiger partial charge in [0.15, 0.2) is 0 Å². The molecule has 1 aromatic heterocycles. The molecule has 3 aromatic rings. The summed E-state index contributed by atoms with van der Waals surface area (Å²) in [6, 6.07) is 14.8. The number of hydrogen-bond acceptors (Lipinski definition) is 3. The van der Waals surface area contributed by atoms with Crippen molar-refractivity contribution in [3.05, 3.63) is 71.0 Å². The van der Waals surface area contributed by atoms with Gasteiger partial charge in [0.25, 0.3) is 5.91 Å². The zero-order chi connectivity index (χ0) is 18.3. The highest BCUT2D eigenvalue weighted by Crippen LogP contribution is 2.30. The lowest BCUT2D eigenvalue weighted by atomic mass is 9.89. The number of para-hydroxylation sites is 1. The summed E-state index contributed by atoms with van der Waals surface area (Å²) in [7, 11) is 0. The van der Waals surface area contributed by atoms with Crippen molar-refractivity contribution in [2.75, 3.05) is 6.54 Å². The molecule has 132 valence electrons. The Bertz CT molecular complexity index is 1010. The molecule has 2 aromatic carbocycles. The average Bonchev–Trinajstić information content (AvgIpc) is 2.99. The standard InChI is InChI=1S/C21H20N2O3/c1-12-14-7-5-6-10-18(14)26-19(12)13(2)23-21(25)17-11-22-20(24)16-9-4-3-8-15(16)17/h3-10,13,17H,11H2,1-2H3,(H,22,24)(H,23,25)/t13-,17?/m1/s1. The fourth-order valence-corrected chi connectivity index (χ4v) is 3.63. The summed E-state index contributed by atoms with van der Waals surface area (Å²) in [5.41, 5.74) is 3.18. The van der Waals surface area contributed by atoms with E-state index in [2.05, 4.69) is 10.6 Å². The molecule has 0 spiro atoms. The second kappa shape index (κ2) is 6.33. The van der Waals surface area contributed by atoms with Crippen LogP contribution in [0.4, 0.5) is 0 Å². The number of fused-ring (bicyclic) bond motifs is 2. The van der Waals surface area contributed by atoms with Gasteiger partial charge in [0.05, 0.1) is 12.0 Å². The fourth-order valence-electron chi connectivity index (χ4n) is 3.63. The Morgan fingerprint density at radius 2 is 1.92 bits per heavy atom. The van der Waals surface area contributed by atoms with Crippen molar-refractivity contribution in [1.82, 2.24) is 10.6 Å². The van der Waals surface area contributed by atoms with Gasteiger partial charge in [-0.05, 0) is 31.5 Å². The highest BCUT2D eigenvalue weighted by Gasteiger charge is 2.31. The number of aryl methyl sites for hydroxylation is 1. The number of hydrogen-bond donors (Lipinski definition) is 2. The van der Waals surface area contributed by atoms with Crippen molar-refractivity contribution in [1.29, 1.82) is 0 Å². The first-order chi connectivity index (χ1) is 12.6. The third kappa shape index (κ3) is 2.65. The Labute approximate surface area is 151 Å².